The van der Waals surface area contributed by atoms with Crippen molar-refractivity contribution in [2.75, 3.05) is 6.54 Å². The van der Waals surface area contributed by atoms with Crippen molar-refractivity contribution in [1.82, 2.24) is 29.2 Å². The molecule has 0 bridgehead atoms. The van der Waals surface area contributed by atoms with Gasteiger partial charge in [0.1, 0.15) is 23.3 Å². The summed E-state index contributed by atoms with van der Waals surface area (Å²) in [6.07, 6.45) is 4.74. The molecule has 4 heterocycles. The van der Waals surface area contributed by atoms with Gasteiger partial charge in [0.15, 0.2) is 5.65 Å². The van der Waals surface area contributed by atoms with Crippen molar-refractivity contribution in [2.24, 2.45) is 7.05 Å². The Balaban J connectivity index is 1.43. The smallest absolute Gasteiger partial charge is 0.264 e. The van der Waals surface area contributed by atoms with E-state index < -0.39 is 0 Å². The molecule has 1 saturated heterocycles. The van der Waals surface area contributed by atoms with Gasteiger partial charge in [0.05, 0.1) is 22.5 Å². The first kappa shape index (κ1) is 17.1. The number of hydrogen-bond donors (Lipinski definition) is 0. The Kier molecular flexibility index (Phi) is 3.97. The van der Waals surface area contributed by atoms with E-state index >= 15 is 0 Å². The lowest BCUT2D eigenvalue weighted by atomic mass is 10.2. The zero-order valence-corrected chi connectivity index (χ0v) is 16.1. The lowest BCUT2D eigenvalue weighted by molar-refractivity contribution is -0.132. The van der Waals surface area contributed by atoms with Crippen molar-refractivity contribution < 1.29 is 4.79 Å². The van der Waals surface area contributed by atoms with Crippen LogP contribution in [0.5, 0.6) is 0 Å². The number of thiazole rings is 1. The summed E-state index contributed by atoms with van der Waals surface area (Å²) >= 11 is 1.63. The summed E-state index contributed by atoms with van der Waals surface area (Å²) in [6, 6.07) is 7.97. The summed E-state index contributed by atoms with van der Waals surface area (Å²) in [4.78, 5) is 36.5. The molecule has 0 spiro atoms. The Bertz CT molecular complexity index is 1220. The van der Waals surface area contributed by atoms with Gasteiger partial charge >= 0.3 is 0 Å². The number of aryl methyl sites for hydroxylation is 1. The second-order valence-corrected chi connectivity index (χ2v) is 8.01. The van der Waals surface area contributed by atoms with Crippen molar-refractivity contribution in [2.45, 2.75) is 25.4 Å². The van der Waals surface area contributed by atoms with Crippen molar-refractivity contribution >= 4 is 38.5 Å². The van der Waals surface area contributed by atoms with Gasteiger partial charge < -0.3 is 4.90 Å². The minimum absolute atomic E-state index is 0.0297. The monoisotopic (exact) mass is 394 g/mol. The van der Waals surface area contributed by atoms with Gasteiger partial charge in [-0.2, -0.15) is 5.10 Å². The zero-order valence-electron chi connectivity index (χ0n) is 15.3. The molecule has 9 heteroatoms. The number of carbonyl (C=O) groups excluding carboxylic acids is 1. The number of aromatic nitrogens is 5. The minimum atomic E-state index is -0.248. The molecule has 0 radical (unpaired) electrons. The van der Waals surface area contributed by atoms with E-state index in [2.05, 4.69) is 10.1 Å². The number of benzene rings is 1. The molecular weight excluding hydrogens is 376 g/mol. The molecule has 0 N–H and O–H groups in total. The maximum absolute atomic E-state index is 13.0. The van der Waals surface area contributed by atoms with E-state index in [4.69, 9.17) is 4.98 Å². The molecule has 1 atom stereocenters. The van der Waals surface area contributed by atoms with Crippen LogP contribution in [0.2, 0.25) is 0 Å². The molecule has 1 fully saturated rings. The van der Waals surface area contributed by atoms with Crippen molar-refractivity contribution in [3.8, 4) is 0 Å². The number of rotatable bonds is 3. The standard InChI is InChI=1S/C19H18N6O2S/c1-23-17-12(9-21-23)19(27)24(11-20-17)10-16(26)25-8-4-6-14(25)18-22-13-5-2-3-7-15(13)28-18/h2-3,5,7,9,11,14H,4,6,8,10H2,1H3. The number of likely N-dealkylation sites (tertiary alicyclic amines) is 1. The fraction of sp³-hybridized carbons (Fsp3) is 0.316. The van der Waals surface area contributed by atoms with Gasteiger partial charge in [-0.15, -0.1) is 11.3 Å². The van der Waals surface area contributed by atoms with Gasteiger partial charge in [-0.25, -0.2) is 9.97 Å². The number of hydrogen-bond acceptors (Lipinski definition) is 6. The number of amides is 1. The predicted molar refractivity (Wildman–Crippen MR) is 106 cm³/mol. The molecule has 4 aromatic rings. The van der Waals surface area contributed by atoms with Crippen LogP contribution in [-0.2, 0) is 18.4 Å². The Morgan fingerprint density at radius 3 is 3.04 bits per heavy atom. The van der Waals surface area contributed by atoms with E-state index in [0.717, 1.165) is 28.1 Å². The van der Waals surface area contributed by atoms with Crippen LogP contribution in [0.4, 0.5) is 0 Å². The van der Waals surface area contributed by atoms with Gasteiger partial charge in [-0.3, -0.25) is 18.8 Å². The first-order valence-corrected chi connectivity index (χ1v) is 9.95. The molecular formula is C19H18N6O2S. The maximum atomic E-state index is 13.0. The normalized spacial score (nSPS) is 17.0. The third-order valence-electron chi connectivity index (χ3n) is 5.19. The van der Waals surface area contributed by atoms with E-state index in [0.29, 0.717) is 17.6 Å². The lowest BCUT2D eigenvalue weighted by Gasteiger charge is -2.23. The van der Waals surface area contributed by atoms with Crippen LogP contribution in [0.1, 0.15) is 23.9 Å². The number of para-hydroxylation sites is 1. The molecule has 28 heavy (non-hydrogen) atoms. The van der Waals surface area contributed by atoms with Crippen molar-refractivity contribution in [3.63, 3.8) is 0 Å². The summed E-state index contributed by atoms with van der Waals surface area (Å²) in [7, 11) is 1.73. The highest BCUT2D eigenvalue weighted by Crippen LogP contribution is 2.36. The molecule has 5 rings (SSSR count). The fourth-order valence-corrected chi connectivity index (χ4v) is 4.89. The van der Waals surface area contributed by atoms with Gasteiger partial charge in [-0.1, -0.05) is 12.1 Å². The molecule has 1 amide bonds. The molecule has 3 aromatic heterocycles. The van der Waals surface area contributed by atoms with Gasteiger partial charge in [0.2, 0.25) is 5.91 Å². The number of fused-ring (bicyclic) bond motifs is 2. The third kappa shape index (κ3) is 2.70. The molecule has 1 unspecified atom stereocenters. The second-order valence-electron chi connectivity index (χ2n) is 6.95. The van der Waals surface area contributed by atoms with Crippen LogP contribution in [0.15, 0.2) is 41.6 Å². The summed E-state index contributed by atoms with van der Waals surface area (Å²) < 4.78 is 4.03. The SMILES string of the molecule is Cn1ncc2c(=O)n(CC(=O)N3CCCC3c3nc4ccccc4s3)cnc21. The molecule has 8 nitrogen and oxygen atoms in total. The average molecular weight is 394 g/mol. The van der Waals surface area contributed by atoms with E-state index in [9.17, 15) is 9.59 Å². The molecule has 1 aliphatic rings. The Hall–Kier alpha value is -3.07. The van der Waals surface area contributed by atoms with E-state index in [1.165, 1.54) is 17.1 Å². The summed E-state index contributed by atoms with van der Waals surface area (Å²) in [5, 5.41) is 5.44. The van der Waals surface area contributed by atoms with Crippen LogP contribution in [0, 0.1) is 0 Å². The largest absolute Gasteiger partial charge is 0.332 e. The fourth-order valence-electron chi connectivity index (χ4n) is 3.77. The summed E-state index contributed by atoms with van der Waals surface area (Å²) in [5.74, 6) is -0.0890. The van der Waals surface area contributed by atoms with E-state index in [-0.39, 0.29) is 24.1 Å². The Labute approximate surface area is 164 Å². The average Bonchev–Trinajstić information content (AvgIpc) is 3.41. The Morgan fingerprint density at radius 1 is 1.32 bits per heavy atom. The first-order valence-electron chi connectivity index (χ1n) is 9.14. The van der Waals surface area contributed by atoms with Crippen molar-refractivity contribution in [3.05, 3.63) is 52.2 Å². The van der Waals surface area contributed by atoms with Crippen molar-refractivity contribution in [1.29, 1.82) is 0 Å². The van der Waals surface area contributed by atoms with Crippen LogP contribution in [0.25, 0.3) is 21.3 Å². The topological polar surface area (TPSA) is 85.9 Å². The zero-order chi connectivity index (χ0) is 19.3. The molecule has 1 aromatic carbocycles. The van der Waals surface area contributed by atoms with Gasteiger partial charge in [0, 0.05) is 13.6 Å². The summed E-state index contributed by atoms with van der Waals surface area (Å²) in [5.41, 5.74) is 1.23. The van der Waals surface area contributed by atoms with Crippen LogP contribution < -0.4 is 5.56 Å². The highest BCUT2D eigenvalue weighted by Gasteiger charge is 2.32. The van der Waals surface area contributed by atoms with E-state index in [1.807, 2.05) is 29.2 Å². The Morgan fingerprint density at radius 2 is 2.18 bits per heavy atom. The van der Waals surface area contributed by atoms with Crippen LogP contribution in [-0.4, -0.2) is 41.7 Å². The van der Waals surface area contributed by atoms with Crippen LogP contribution >= 0.6 is 11.3 Å². The molecule has 1 aliphatic heterocycles. The first-order chi connectivity index (χ1) is 13.6. The minimum Gasteiger partial charge on any atom is -0.332 e. The van der Waals surface area contributed by atoms with Crippen LogP contribution in [0.3, 0.4) is 0 Å². The number of nitrogens with zero attached hydrogens (tertiary/aromatic N) is 6. The highest BCUT2D eigenvalue weighted by atomic mass is 32.1. The molecule has 0 aliphatic carbocycles. The predicted octanol–water partition coefficient (Wildman–Crippen LogP) is 2.10. The number of carbonyl (C=O) groups is 1. The highest BCUT2D eigenvalue weighted by molar-refractivity contribution is 7.18. The molecule has 0 saturated carbocycles. The lowest BCUT2D eigenvalue weighted by Crippen LogP contribution is -2.36. The summed E-state index contributed by atoms with van der Waals surface area (Å²) in [6.45, 7) is 0.648. The molecule has 142 valence electrons. The quantitative estimate of drug-likeness (QED) is 0.531. The third-order valence-corrected chi connectivity index (χ3v) is 6.33. The van der Waals surface area contributed by atoms with E-state index in [1.54, 1.807) is 23.1 Å². The van der Waals surface area contributed by atoms with Gasteiger partial charge in [0.25, 0.3) is 5.56 Å². The second kappa shape index (κ2) is 6.52. The maximum Gasteiger partial charge on any atom is 0.264 e. The van der Waals surface area contributed by atoms with Gasteiger partial charge in [-0.05, 0) is 25.0 Å².